The van der Waals surface area contributed by atoms with E-state index in [0.717, 1.165) is 22.6 Å². The van der Waals surface area contributed by atoms with E-state index in [1.54, 1.807) is 19.1 Å². The van der Waals surface area contributed by atoms with Crippen molar-refractivity contribution >= 4 is 40.0 Å². The van der Waals surface area contributed by atoms with Crippen LogP contribution in [-0.2, 0) is 22.5 Å². The van der Waals surface area contributed by atoms with E-state index in [-0.39, 0.29) is 24.4 Å². The van der Waals surface area contributed by atoms with Crippen LogP contribution in [0.15, 0.2) is 48.1 Å². The maximum atomic E-state index is 12.7. The third-order valence-electron chi connectivity index (χ3n) is 5.03. The molecule has 0 aliphatic rings. The van der Waals surface area contributed by atoms with Gasteiger partial charge < -0.3 is 14.8 Å². The molecule has 186 valence electrons. The lowest BCUT2D eigenvalue weighted by Gasteiger charge is -2.17. The lowest BCUT2D eigenvalue weighted by atomic mass is 10.2. The standard InChI is InChI=1S/C25H30N4O4S2/c1-6-13-29-22(17(5)33-20-12-10-9-11-16(20)4)27-28-25(29)34-15-21(30)26-23-19(24(31)32-8-3)14-18(7-2)35-23/h6,9-12,14,17H,1,7-8,13,15H2,2-5H3,(H,26,30). The number of nitrogens with one attached hydrogen (secondary N) is 1. The second kappa shape index (κ2) is 12.6. The smallest absolute Gasteiger partial charge is 0.341 e. The molecule has 3 rings (SSSR count). The molecule has 0 aliphatic heterocycles. The second-order valence-electron chi connectivity index (χ2n) is 7.63. The number of hydrogen-bond acceptors (Lipinski definition) is 8. The molecule has 3 aromatic rings. The Balaban J connectivity index is 1.70. The summed E-state index contributed by atoms with van der Waals surface area (Å²) >= 11 is 2.64. The van der Waals surface area contributed by atoms with Crippen LogP contribution in [-0.4, -0.2) is 39.0 Å². The number of ether oxygens (including phenoxy) is 2. The van der Waals surface area contributed by atoms with Crippen molar-refractivity contribution in [3.8, 4) is 5.75 Å². The quantitative estimate of drug-likeness (QED) is 0.195. The Labute approximate surface area is 213 Å². The summed E-state index contributed by atoms with van der Waals surface area (Å²) < 4.78 is 13.1. The minimum Gasteiger partial charge on any atom is -0.482 e. The fourth-order valence-corrected chi connectivity index (χ4v) is 5.06. The number of amides is 1. The molecule has 1 N–H and O–H groups in total. The van der Waals surface area contributed by atoms with E-state index in [0.29, 0.717) is 28.1 Å². The Morgan fingerprint density at radius 1 is 1.29 bits per heavy atom. The molecule has 0 aliphatic carbocycles. The van der Waals surface area contributed by atoms with Gasteiger partial charge in [-0.2, -0.15) is 0 Å². The molecular formula is C25H30N4O4S2. The molecule has 0 fully saturated rings. The summed E-state index contributed by atoms with van der Waals surface area (Å²) in [5, 5.41) is 12.5. The van der Waals surface area contributed by atoms with Gasteiger partial charge in [0, 0.05) is 11.4 Å². The molecule has 10 heteroatoms. The van der Waals surface area contributed by atoms with Crippen LogP contribution in [0.5, 0.6) is 5.75 Å². The lowest BCUT2D eigenvalue weighted by molar-refractivity contribution is -0.113. The van der Waals surface area contributed by atoms with Crippen molar-refractivity contribution in [2.45, 2.75) is 51.9 Å². The zero-order chi connectivity index (χ0) is 25.4. The number of para-hydroxylation sites is 1. The number of nitrogens with zero attached hydrogens (tertiary/aromatic N) is 3. The number of aromatic nitrogens is 3. The Kier molecular flexibility index (Phi) is 9.50. The molecule has 0 spiro atoms. The van der Waals surface area contributed by atoms with Crippen LogP contribution < -0.4 is 10.1 Å². The zero-order valence-corrected chi connectivity index (χ0v) is 22.0. The molecule has 1 amide bonds. The minimum atomic E-state index is -0.440. The van der Waals surface area contributed by atoms with Crippen molar-refractivity contribution < 1.29 is 19.1 Å². The van der Waals surface area contributed by atoms with Gasteiger partial charge in [-0.05, 0) is 44.9 Å². The third-order valence-corrected chi connectivity index (χ3v) is 7.19. The van der Waals surface area contributed by atoms with Gasteiger partial charge in [0.25, 0.3) is 0 Å². The first-order valence-electron chi connectivity index (χ1n) is 11.4. The number of carbonyl (C=O) groups excluding carboxylic acids is 2. The topological polar surface area (TPSA) is 95.3 Å². The summed E-state index contributed by atoms with van der Waals surface area (Å²) in [4.78, 5) is 26.0. The summed E-state index contributed by atoms with van der Waals surface area (Å²) in [5.41, 5.74) is 1.41. The molecule has 0 saturated carbocycles. The van der Waals surface area contributed by atoms with Crippen LogP contribution in [0, 0.1) is 6.92 Å². The van der Waals surface area contributed by atoms with Crippen LogP contribution in [0.1, 0.15) is 53.5 Å². The first-order valence-corrected chi connectivity index (χ1v) is 13.2. The van der Waals surface area contributed by atoms with E-state index in [2.05, 4.69) is 22.1 Å². The van der Waals surface area contributed by atoms with Crippen molar-refractivity contribution in [3.05, 3.63) is 64.8 Å². The first kappa shape index (κ1) is 26.5. The summed E-state index contributed by atoms with van der Waals surface area (Å²) in [5.74, 6) is 0.839. The van der Waals surface area contributed by atoms with Crippen LogP contribution in [0.2, 0.25) is 0 Å². The number of aryl methyl sites for hydroxylation is 2. The average molecular weight is 515 g/mol. The van der Waals surface area contributed by atoms with Crippen molar-refractivity contribution in [1.82, 2.24) is 14.8 Å². The molecule has 35 heavy (non-hydrogen) atoms. The molecule has 8 nitrogen and oxygen atoms in total. The third kappa shape index (κ3) is 6.73. The van der Waals surface area contributed by atoms with Gasteiger partial charge in [0.05, 0.1) is 17.9 Å². The van der Waals surface area contributed by atoms with Crippen LogP contribution in [0.4, 0.5) is 5.00 Å². The summed E-state index contributed by atoms with van der Waals surface area (Å²) in [6, 6.07) is 9.56. The normalized spacial score (nSPS) is 11.7. The van der Waals surface area contributed by atoms with E-state index >= 15 is 0 Å². The largest absolute Gasteiger partial charge is 0.482 e. The molecule has 2 heterocycles. The monoisotopic (exact) mass is 514 g/mol. The van der Waals surface area contributed by atoms with Gasteiger partial charge in [-0.15, -0.1) is 28.1 Å². The molecular weight excluding hydrogens is 484 g/mol. The number of benzene rings is 1. The van der Waals surface area contributed by atoms with Gasteiger partial charge in [-0.25, -0.2) is 4.79 Å². The number of hydrogen-bond donors (Lipinski definition) is 1. The fourth-order valence-electron chi connectivity index (χ4n) is 3.30. The summed E-state index contributed by atoms with van der Waals surface area (Å²) in [6.07, 6.45) is 2.16. The summed E-state index contributed by atoms with van der Waals surface area (Å²) in [6.45, 7) is 12.2. The molecule has 0 radical (unpaired) electrons. The van der Waals surface area contributed by atoms with Crippen LogP contribution in [0.25, 0.3) is 0 Å². The van der Waals surface area contributed by atoms with E-state index < -0.39 is 5.97 Å². The Morgan fingerprint density at radius 3 is 2.74 bits per heavy atom. The van der Waals surface area contributed by atoms with E-state index in [4.69, 9.17) is 9.47 Å². The minimum absolute atomic E-state index is 0.101. The Bertz CT molecular complexity index is 1190. The van der Waals surface area contributed by atoms with Gasteiger partial charge in [0.1, 0.15) is 10.8 Å². The Hall–Kier alpha value is -3.11. The highest BCUT2D eigenvalue weighted by Crippen LogP contribution is 2.30. The number of thiophene rings is 1. The van der Waals surface area contributed by atoms with Crippen LogP contribution >= 0.6 is 23.1 Å². The van der Waals surface area contributed by atoms with Crippen molar-refractivity contribution in [1.29, 1.82) is 0 Å². The first-order chi connectivity index (χ1) is 16.9. The molecule has 1 atom stereocenters. The second-order valence-corrected chi connectivity index (χ2v) is 9.71. The highest BCUT2D eigenvalue weighted by Gasteiger charge is 2.22. The highest BCUT2D eigenvalue weighted by molar-refractivity contribution is 7.99. The predicted octanol–water partition coefficient (Wildman–Crippen LogP) is 5.44. The number of thioether (sulfide) groups is 1. The van der Waals surface area contributed by atoms with Crippen molar-refractivity contribution in [3.63, 3.8) is 0 Å². The van der Waals surface area contributed by atoms with Gasteiger partial charge in [-0.3, -0.25) is 9.36 Å². The molecule has 0 bridgehead atoms. The summed E-state index contributed by atoms with van der Waals surface area (Å²) in [7, 11) is 0. The number of carbonyl (C=O) groups is 2. The van der Waals surface area contributed by atoms with Gasteiger partial charge in [-0.1, -0.05) is 43.0 Å². The lowest BCUT2D eigenvalue weighted by Crippen LogP contribution is -2.17. The van der Waals surface area contributed by atoms with Crippen molar-refractivity contribution in [2.75, 3.05) is 17.7 Å². The van der Waals surface area contributed by atoms with Gasteiger partial charge in [0.15, 0.2) is 17.1 Å². The molecule has 1 unspecified atom stereocenters. The molecule has 2 aromatic heterocycles. The van der Waals surface area contributed by atoms with E-state index in [1.165, 1.54) is 23.1 Å². The van der Waals surface area contributed by atoms with Crippen LogP contribution in [0.3, 0.4) is 0 Å². The maximum absolute atomic E-state index is 12.7. The van der Waals surface area contributed by atoms with Gasteiger partial charge >= 0.3 is 5.97 Å². The number of anilines is 1. The van der Waals surface area contributed by atoms with Crippen molar-refractivity contribution in [2.24, 2.45) is 0 Å². The SMILES string of the molecule is C=CCn1c(SCC(=O)Nc2sc(CC)cc2C(=O)OCC)nnc1C(C)Oc1ccccc1C. The van der Waals surface area contributed by atoms with E-state index in [9.17, 15) is 9.59 Å². The average Bonchev–Trinajstić information content (AvgIpc) is 3.43. The zero-order valence-electron chi connectivity index (χ0n) is 20.4. The molecule has 1 aromatic carbocycles. The maximum Gasteiger partial charge on any atom is 0.341 e. The van der Waals surface area contributed by atoms with Gasteiger partial charge in [0.2, 0.25) is 5.91 Å². The number of esters is 1. The van der Waals surface area contributed by atoms with E-state index in [1.807, 2.05) is 49.6 Å². The number of rotatable bonds is 12. The predicted molar refractivity (Wildman–Crippen MR) is 139 cm³/mol. The highest BCUT2D eigenvalue weighted by atomic mass is 32.2. The molecule has 0 saturated heterocycles. The fraction of sp³-hybridized carbons (Fsp3) is 0.360. The Morgan fingerprint density at radius 2 is 2.06 bits per heavy atom. The number of allylic oxidation sites excluding steroid dienone is 1.